The van der Waals surface area contributed by atoms with Crippen molar-refractivity contribution in [3.05, 3.63) is 17.2 Å². The van der Waals surface area contributed by atoms with Gasteiger partial charge < -0.3 is 20.5 Å². The van der Waals surface area contributed by atoms with Gasteiger partial charge in [0.05, 0.1) is 31.0 Å². The van der Waals surface area contributed by atoms with Crippen LogP contribution in [0.15, 0.2) is 12.1 Å². The van der Waals surface area contributed by atoms with E-state index in [1.54, 1.807) is 12.1 Å². The van der Waals surface area contributed by atoms with Gasteiger partial charge >= 0.3 is 0 Å². The lowest BCUT2D eigenvalue weighted by Crippen LogP contribution is -2.39. The molecule has 0 bridgehead atoms. The second-order valence-corrected chi connectivity index (χ2v) is 4.85. The lowest BCUT2D eigenvalue weighted by Gasteiger charge is -2.17. The summed E-state index contributed by atoms with van der Waals surface area (Å²) in [5.74, 6) is 0.738. The van der Waals surface area contributed by atoms with Crippen LogP contribution in [0, 0.1) is 5.92 Å². The lowest BCUT2D eigenvalue weighted by molar-refractivity contribution is -0.118. The Hall–Kier alpha value is -1.46. The number of amides is 1. The van der Waals surface area contributed by atoms with Gasteiger partial charge in [0.25, 0.3) is 0 Å². The van der Waals surface area contributed by atoms with Crippen LogP contribution in [0.2, 0.25) is 5.02 Å². The first-order valence-corrected chi connectivity index (χ1v) is 6.26. The Labute approximate surface area is 118 Å². The summed E-state index contributed by atoms with van der Waals surface area (Å²) in [7, 11) is 3.03. The molecule has 0 aliphatic heterocycles. The van der Waals surface area contributed by atoms with Gasteiger partial charge in [-0.1, -0.05) is 25.4 Å². The van der Waals surface area contributed by atoms with Crippen LogP contribution in [0.5, 0.6) is 11.5 Å². The van der Waals surface area contributed by atoms with Gasteiger partial charge in [-0.15, -0.1) is 0 Å². The molecule has 1 unspecified atom stereocenters. The quantitative estimate of drug-likeness (QED) is 0.871. The van der Waals surface area contributed by atoms with Crippen molar-refractivity contribution in [3.8, 4) is 11.5 Å². The molecule has 0 saturated heterocycles. The number of hydrogen-bond acceptors (Lipinski definition) is 4. The summed E-state index contributed by atoms with van der Waals surface area (Å²) in [6.07, 6.45) is 0. The van der Waals surface area contributed by atoms with Crippen molar-refractivity contribution >= 4 is 23.2 Å². The number of carbonyl (C=O) groups excluding carboxylic acids is 1. The maximum atomic E-state index is 11.9. The molecule has 1 aromatic rings. The molecule has 3 N–H and O–H groups in total. The number of halogens is 1. The number of nitrogens with one attached hydrogen (secondary N) is 1. The van der Waals surface area contributed by atoms with E-state index in [4.69, 9.17) is 26.8 Å². The summed E-state index contributed by atoms with van der Waals surface area (Å²) in [4.78, 5) is 11.9. The molecule has 1 rings (SSSR count). The summed E-state index contributed by atoms with van der Waals surface area (Å²) in [5.41, 5.74) is 6.22. The van der Waals surface area contributed by atoms with E-state index in [-0.39, 0.29) is 11.8 Å². The molecule has 0 saturated carbocycles. The molecule has 19 heavy (non-hydrogen) atoms. The van der Waals surface area contributed by atoms with Crippen molar-refractivity contribution in [2.75, 3.05) is 19.5 Å². The molecule has 0 aromatic heterocycles. The first-order chi connectivity index (χ1) is 8.90. The number of carbonyl (C=O) groups is 1. The van der Waals surface area contributed by atoms with Crippen molar-refractivity contribution < 1.29 is 14.3 Å². The van der Waals surface area contributed by atoms with E-state index in [0.717, 1.165) is 0 Å². The highest BCUT2D eigenvalue weighted by molar-refractivity contribution is 6.34. The Morgan fingerprint density at radius 1 is 1.26 bits per heavy atom. The maximum Gasteiger partial charge on any atom is 0.241 e. The highest BCUT2D eigenvalue weighted by Gasteiger charge is 2.19. The van der Waals surface area contributed by atoms with E-state index in [1.165, 1.54) is 14.2 Å². The molecule has 0 radical (unpaired) electrons. The Balaban J connectivity index is 2.99. The zero-order valence-corrected chi connectivity index (χ0v) is 12.2. The van der Waals surface area contributed by atoms with E-state index >= 15 is 0 Å². The zero-order valence-electron chi connectivity index (χ0n) is 11.5. The fourth-order valence-corrected chi connectivity index (χ4v) is 1.67. The molecule has 1 atom stereocenters. The average molecular weight is 287 g/mol. The molecule has 1 amide bonds. The second-order valence-electron chi connectivity index (χ2n) is 4.45. The van der Waals surface area contributed by atoms with Gasteiger partial charge in [-0.2, -0.15) is 0 Å². The van der Waals surface area contributed by atoms with Crippen LogP contribution in [-0.4, -0.2) is 26.2 Å². The van der Waals surface area contributed by atoms with E-state index in [2.05, 4.69) is 5.32 Å². The molecule has 6 heteroatoms. The highest BCUT2D eigenvalue weighted by atomic mass is 35.5. The van der Waals surface area contributed by atoms with Crippen molar-refractivity contribution in [3.63, 3.8) is 0 Å². The third-order valence-corrected chi connectivity index (χ3v) is 3.06. The van der Waals surface area contributed by atoms with Crippen LogP contribution in [0.25, 0.3) is 0 Å². The number of ether oxygens (including phenoxy) is 2. The molecule has 0 fully saturated rings. The monoisotopic (exact) mass is 286 g/mol. The summed E-state index contributed by atoms with van der Waals surface area (Å²) >= 11 is 6.07. The molecule has 5 nitrogen and oxygen atoms in total. The predicted molar refractivity (Wildman–Crippen MR) is 76.0 cm³/mol. The molecule has 0 spiro atoms. The van der Waals surface area contributed by atoms with Gasteiger partial charge in [0.2, 0.25) is 5.91 Å². The molecular weight excluding hydrogens is 268 g/mol. The summed E-state index contributed by atoms with van der Waals surface area (Å²) in [5, 5.41) is 3.05. The Morgan fingerprint density at radius 2 is 1.79 bits per heavy atom. The van der Waals surface area contributed by atoms with Crippen LogP contribution < -0.4 is 20.5 Å². The van der Waals surface area contributed by atoms with E-state index in [9.17, 15) is 4.79 Å². The minimum atomic E-state index is -0.593. The van der Waals surface area contributed by atoms with E-state index in [0.29, 0.717) is 22.2 Å². The Morgan fingerprint density at radius 3 is 2.26 bits per heavy atom. The first kappa shape index (κ1) is 15.6. The molecule has 1 aromatic carbocycles. The number of rotatable bonds is 5. The fraction of sp³-hybridized carbons (Fsp3) is 0.462. The Bertz CT molecular complexity index is 463. The fourth-order valence-electron chi connectivity index (χ4n) is 1.47. The van der Waals surface area contributed by atoms with Gasteiger partial charge in [-0.25, -0.2) is 0 Å². The standard InChI is InChI=1S/C13H19ClN2O3/c1-7(2)12(15)13(17)16-9-6-11(19-4)10(18-3)5-8(9)14/h5-7,12H,15H2,1-4H3,(H,16,17). The van der Waals surface area contributed by atoms with Crippen LogP contribution in [0.1, 0.15) is 13.8 Å². The number of methoxy groups -OCH3 is 2. The summed E-state index contributed by atoms with van der Waals surface area (Å²) < 4.78 is 10.3. The Kier molecular flexibility index (Phi) is 5.44. The van der Waals surface area contributed by atoms with Crippen LogP contribution in [0.3, 0.4) is 0 Å². The van der Waals surface area contributed by atoms with Gasteiger partial charge in [-0.3, -0.25) is 4.79 Å². The van der Waals surface area contributed by atoms with Gasteiger partial charge in [0.1, 0.15) is 0 Å². The predicted octanol–water partition coefficient (Wildman–Crippen LogP) is 2.28. The smallest absolute Gasteiger partial charge is 0.241 e. The zero-order chi connectivity index (χ0) is 14.6. The first-order valence-electron chi connectivity index (χ1n) is 5.88. The molecule has 0 heterocycles. The van der Waals surface area contributed by atoms with Gasteiger partial charge in [0, 0.05) is 12.1 Å². The third kappa shape index (κ3) is 3.75. The SMILES string of the molecule is COc1cc(Cl)c(NC(=O)C(N)C(C)C)cc1OC. The average Bonchev–Trinajstić information content (AvgIpc) is 2.39. The van der Waals surface area contributed by atoms with Gasteiger partial charge in [0.15, 0.2) is 11.5 Å². The number of hydrogen-bond donors (Lipinski definition) is 2. The lowest BCUT2D eigenvalue weighted by atomic mass is 10.0. The van der Waals surface area contributed by atoms with Crippen LogP contribution in [0.4, 0.5) is 5.69 Å². The normalized spacial score (nSPS) is 12.2. The summed E-state index contributed by atoms with van der Waals surface area (Å²) in [6.45, 7) is 3.75. The van der Waals surface area contributed by atoms with Crippen LogP contribution in [-0.2, 0) is 4.79 Å². The third-order valence-electron chi connectivity index (χ3n) is 2.75. The molecular formula is C13H19ClN2O3. The van der Waals surface area contributed by atoms with Gasteiger partial charge in [-0.05, 0) is 5.92 Å². The van der Waals surface area contributed by atoms with Crippen molar-refractivity contribution in [2.45, 2.75) is 19.9 Å². The molecule has 106 valence electrons. The minimum Gasteiger partial charge on any atom is -0.493 e. The van der Waals surface area contributed by atoms with Crippen molar-refractivity contribution in [1.29, 1.82) is 0 Å². The number of anilines is 1. The van der Waals surface area contributed by atoms with Crippen LogP contribution >= 0.6 is 11.6 Å². The number of nitrogens with two attached hydrogens (primary N) is 1. The number of benzene rings is 1. The highest BCUT2D eigenvalue weighted by Crippen LogP contribution is 2.36. The van der Waals surface area contributed by atoms with E-state index < -0.39 is 6.04 Å². The molecule has 0 aliphatic carbocycles. The molecule has 0 aliphatic rings. The topological polar surface area (TPSA) is 73.6 Å². The largest absolute Gasteiger partial charge is 0.493 e. The van der Waals surface area contributed by atoms with Crippen molar-refractivity contribution in [2.24, 2.45) is 11.7 Å². The van der Waals surface area contributed by atoms with E-state index in [1.807, 2.05) is 13.8 Å². The second kappa shape index (κ2) is 6.63. The summed E-state index contributed by atoms with van der Waals surface area (Å²) in [6, 6.07) is 2.59. The minimum absolute atomic E-state index is 0.0407. The van der Waals surface area contributed by atoms with Crippen molar-refractivity contribution in [1.82, 2.24) is 0 Å². The maximum absolute atomic E-state index is 11.9.